The third-order valence-corrected chi connectivity index (χ3v) is 0.854. The van der Waals surface area contributed by atoms with Crippen molar-refractivity contribution in [2.24, 2.45) is 5.73 Å². The summed E-state index contributed by atoms with van der Waals surface area (Å²) >= 11 is 0. The van der Waals surface area contributed by atoms with Crippen LogP contribution in [0.25, 0.3) is 0 Å². The van der Waals surface area contributed by atoms with Crippen LogP contribution >= 0.6 is 0 Å². The zero-order chi connectivity index (χ0) is 8.53. The average Bonchev–Trinajstić information content (AvgIpc) is 1.96. The molecule has 5 heteroatoms. The number of carbonyl (C=O) groups is 1. The van der Waals surface area contributed by atoms with Crippen molar-refractivity contribution in [1.29, 1.82) is 0 Å². The highest BCUT2D eigenvalue weighted by atomic mass is 16.6. The van der Waals surface area contributed by atoms with Gasteiger partial charge >= 0.3 is 0 Å². The molecule has 5 nitrogen and oxygen atoms in total. The molecule has 11 heavy (non-hydrogen) atoms. The van der Waals surface area contributed by atoms with E-state index in [2.05, 4.69) is 17.4 Å². The third-order valence-electron chi connectivity index (χ3n) is 0.854. The Morgan fingerprint density at radius 2 is 2.45 bits per heavy atom. The Balaban J connectivity index is 2.90. The molecule has 0 heterocycles. The van der Waals surface area contributed by atoms with Gasteiger partial charge in [-0.1, -0.05) is 6.58 Å². The maximum absolute atomic E-state index is 9.74. The van der Waals surface area contributed by atoms with Gasteiger partial charge in [0.1, 0.15) is 5.82 Å². The zero-order valence-electron chi connectivity index (χ0n) is 6.30. The molecule has 64 valence electrons. The van der Waals surface area contributed by atoms with Crippen LogP contribution in [-0.2, 0) is 9.63 Å². The van der Waals surface area contributed by atoms with Crippen molar-refractivity contribution in [3.8, 4) is 0 Å². The fourth-order valence-corrected chi connectivity index (χ4v) is 0.449. The van der Waals surface area contributed by atoms with Gasteiger partial charge in [0.25, 0.3) is 0 Å². The van der Waals surface area contributed by atoms with Crippen molar-refractivity contribution >= 4 is 6.41 Å². The molecule has 0 atom stereocenters. The zero-order valence-corrected chi connectivity index (χ0v) is 6.30. The van der Waals surface area contributed by atoms with Crippen LogP contribution in [0.5, 0.6) is 0 Å². The third kappa shape index (κ3) is 8.77. The number of hydrogen-bond acceptors (Lipinski definition) is 4. The van der Waals surface area contributed by atoms with E-state index in [1.165, 1.54) is 0 Å². The number of nitrogens with one attached hydrogen (secondary N) is 2. The van der Waals surface area contributed by atoms with Gasteiger partial charge in [-0.2, -0.15) is 0 Å². The van der Waals surface area contributed by atoms with Crippen LogP contribution in [0.4, 0.5) is 0 Å². The second-order valence-corrected chi connectivity index (χ2v) is 1.90. The highest BCUT2D eigenvalue weighted by molar-refractivity contribution is 5.45. The average molecular weight is 159 g/mol. The molecular weight excluding hydrogens is 146 g/mol. The predicted molar refractivity (Wildman–Crippen MR) is 41.1 cm³/mol. The van der Waals surface area contributed by atoms with Gasteiger partial charge in [-0.3, -0.25) is 15.1 Å². The van der Waals surface area contributed by atoms with E-state index in [9.17, 15) is 4.79 Å². The first-order chi connectivity index (χ1) is 5.27. The minimum atomic E-state index is 0.272. The Morgan fingerprint density at radius 1 is 1.73 bits per heavy atom. The summed E-state index contributed by atoms with van der Waals surface area (Å²) in [5.41, 5.74) is 7.52. The quantitative estimate of drug-likeness (QED) is 0.255. The summed E-state index contributed by atoms with van der Waals surface area (Å²) in [4.78, 5) is 14.6. The summed E-state index contributed by atoms with van der Waals surface area (Å²) in [7, 11) is 0. The van der Waals surface area contributed by atoms with Gasteiger partial charge in [0, 0.05) is 6.54 Å². The Bertz CT molecular complexity index is 127. The summed E-state index contributed by atoms with van der Waals surface area (Å²) in [6.45, 7) is 4.44. The van der Waals surface area contributed by atoms with Gasteiger partial charge < -0.3 is 11.1 Å². The smallest absolute Gasteiger partial charge is 0.207 e. The first kappa shape index (κ1) is 9.77. The van der Waals surface area contributed by atoms with E-state index in [0.717, 1.165) is 6.42 Å². The molecule has 0 aromatic heterocycles. The number of rotatable bonds is 7. The highest BCUT2D eigenvalue weighted by Gasteiger charge is 1.86. The van der Waals surface area contributed by atoms with Gasteiger partial charge in [0.05, 0.1) is 6.61 Å². The van der Waals surface area contributed by atoms with E-state index < -0.39 is 0 Å². The standard InChI is InChI=1S/C6H13N3O2/c1-6(7)9-11-4-2-3-8-5-10/h5,9H,1-4,7H2,(H,8,10). The van der Waals surface area contributed by atoms with E-state index in [1.54, 1.807) is 0 Å². The molecule has 0 fully saturated rings. The molecule has 0 aliphatic rings. The molecule has 0 saturated heterocycles. The van der Waals surface area contributed by atoms with E-state index in [4.69, 9.17) is 10.6 Å². The van der Waals surface area contributed by atoms with Crippen molar-refractivity contribution in [2.75, 3.05) is 13.2 Å². The van der Waals surface area contributed by atoms with Crippen LogP contribution in [0.15, 0.2) is 12.4 Å². The lowest BCUT2D eigenvalue weighted by molar-refractivity contribution is -0.109. The minimum absolute atomic E-state index is 0.272. The second kappa shape index (κ2) is 6.88. The molecule has 0 aromatic carbocycles. The summed E-state index contributed by atoms with van der Waals surface area (Å²) in [6, 6.07) is 0. The van der Waals surface area contributed by atoms with Crippen molar-refractivity contribution in [3.63, 3.8) is 0 Å². The molecule has 0 rings (SSSR count). The molecule has 0 aliphatic carbocycles. The summed E-state index contributed by atoms with van der Waals surface area (Å²) in [5, 5.41) is 2.49. The molecule has 0 bridgehead atoms. The predicted octanol–water partition coefficient (Wildman–Crippen LogP) is -0.926. The fraction of sp³-hybridized carbons (Fsp3) is 0.500. The Labute approximate surface area is 65.5 Å². The van der Waals surface area contributed by atoms with Crippen molar-refractivity contribution in [2.45, 2.75) is 6.42 Å². The molecule has 0 saturated carbocycles. The summed E-state index contributed by atoms with van der Waals surface area (Å²) in [5.74, 6) is 0.272. The monoisotopic (exact) mass is 159 g/mol. The molecule has 1 amide bonds. The lowest BCUT2D eigenvalue weighted by atomic mass is 10.5. The van der Waals surface area contributed by atoms with Gasteiger partial charge in [0.2, 0.25) is 6.41 Å². The summed E-state index contributed by atoms with van der Waals surface area (Å²) < 4.78 is 0. The molecule has 0 spiro atoms. The van der Waals surface area contributed by atoms with Gasteiger partial charge in [-0.05, 0) is 6.42 Å². The first-order valence-corrected chi connectivity index (χ1v) is 3.26. The van der Waals surface area contributed by atoms with Crippen LogP contribution in [0.3, 0.4) is 0 Å². The molecule has 0 unspecified atom stereocenters. The molecular formula is C6H13N3O2. The Kier molecular flexibility index (Phi) is 6.11. The van der Waals surface area contributed by atoms with Crippen molar-refractivity contribution < 1.29 is 9.63 Å². The van der Waals surface area contributed by atoms with E-state index in [-0.39, 0.29) is 5.82 Å². The number of hydroxylamine groups is 1. The van der Waals surface area contributed by atoms with E-state index in [1.807, 2.05) is 0 Å². The molecule has 0 radical (unpaired) electrons. The minimum Gasteiger partial charge on any atom is -0.384 e. The van der Waals surface area contributed by atoms with Crippen LogP contribution in [-0.4, -0.2) is 19.6 Å². The van der Waals surface area contributed by atoms with Gasteiger partial charge in [-0.25, -0.2) is 0 Å². The van der Waals surface area contributed by atoms with Gasteiger partial charge in [-0.15, -0.1) is 0 Å². The van der Waals surface area contributed by atoms with Crippen LogP contribution < -0.4 is 16.5 Å². The first-order valence-electron chi connectivity index (χ1n) is 3.26. The van der Waals surface area contributed by atoms with Gasteiger partial charge in [0.15, 0.2) is 0 Å². The maximum atomic E-state index is 9.74. The lowest BCUT2D eigenvalue weighted by Gasteiger charge is -2.04. The van der Waals surface area contributed by atoms with Crippen molar-refractivity contribution in [1.82, 2.24) is 10.8 Å². The van der Waals surface area contributed by atoms with E-state index in [0.29, 0.717) is 19.6 Å². The highest BCUT2D eigenvalue weighted by Crippen LogP contribution is 1.77. The normalized spacial score (nSPS) is 8.73. The topological polar surface area (TPSA) is 76.4 Å². The van der Waals surface area contributed by atoms with Crippen LogP contribution in [0, 0.1) is 0 Å². The Morgan fingerprint density at radius 3 is 3.00 bits per heavy atom. The Hall–Kier alpha value is -1.23. The number of amides is 1. The van der Waals surface area contributed by atoms with Crippen molar-refractivity contribution in [3.05, 3.63) is 12.4 Å². The number of carbonyl (C=O) groups excluding carboxylic acids is 1. The number of hydrogen-bond donors (Lipinski definition) is 3. The van der Waals surface area contributed by atoms with Crippen LogP contribution in [0.2, 0.25) is 0 Å². The second-order valence-electron chi connectivity index (χ2n) is 1.90. The lowest BCUT2D eigenvalue weighted by Crippen LogP contribution is -2.21. The molecule has 0 aliphatic heterocycles. The fourth-order valence-electron chi connectivity index (χ4n) is 0.449. The SMILES string of the molecule is C=C(N)NOCCCNC=O. The maximum Gasteiger partial charge on any atom is 0.207 e. The molecule has 0 aromatic rings. The van der Waals surface area contributed by atoms with E-state index >= 15 is 0 Å². The summed E-state index contributed by atoms with van der Waals surface area (Å²) in [6.07, 6.45) is 1.38. The molecule has 4 N–H and O–H groups in total. The number of nitrogens with two attached hydrogens (primary N) is 1. The van der Waals surface area contributed by atoms with Crippen LogP contribution in [0.1, 0.15) is 6.42 Å². The largest absolute Gasteiger partial charge is 0.384 e.